The molecule has 0 atom stereocenters. The van der Waals surface area contributed by atoms with Crippen LogP contribution in [0.15, 0.2) is 150 Å². The summed E-state index contributed by atoms with van der Waals surface area (Å²) >= 11 is 0. The molecule has 10 rings (SSSR count). The van der Waals surface area contributed by atoms with E-state index in [1.165, 1.54) is 11.1 Å². The first kappa shape index (κ1) is 29.1. The van der Waals surface area contributed by atoms with Crippen LogP contribution in [0, 0.1) is 0 Å². The SMILES string of the molecule is C1=Cc2cc(-c3nc(-c4ccccc4)nc(-c4ccccc4)n3)cc(-c3ccc4nc(-[n+]5ccc6oc7ccccc7c6c5)ncc4c3)c2CC1. The van der Waals surface area contributed by atoms with Gasteiger partial charge in [0.05, 0.1) is 23.2 Å². The molecule has 0 fully saturated rings. The number of aromatic nitrogens is 6. The average molecular weight is 658 g/mol. The van der Waals surface area contributed by atoms with Crippen molar-refractivity contribution in [2.45, 2.75) is 12.8 Å². The fourth-order valence-electron chi connectivity index (χ4n) is 7.00. The first-order valence-electron chi connectivity index (χ1n) is 17.0. The number of allylic oxidation sites excluding steroid dienone is 1. The molecule has 0 aliphatic heterocycles. The van der Waals surface area contributed by atoms with Crippen LogP contribution in [0.1, 0.15) is 17.5 Å². The van der Waals surface area contributed by atoms with Crippen LogP contribution in [-0.2, 0) is 6.42 Å². The van der Waals surface area contributed by atoms with Gasteiger partial charge in [-0.3, -0.25) is 0 Å². The lowest BCUT2D eigenvalue weighted by atomic mass is 9.87. The highest BCUT2D eigenvalue weighted by Crippen LogP contribution is 2.37. The maximum atomic E-state index is 6.03. The van der Waals surface area contributed by atoms with Gasteiger partial charge in [-0.15, -0.1) is 0 Å². The van der Waals surface area contributed by atoms with Crippen molar-refractivity contribution in [2.24, 2.45) is 0 Å². The summed E-state index contributed by atoms with van der Waals surface area (Å²) in [5, 5.41) is 3.06. The number of pyridine rings is 1. The highest BCUT2D eigenvalue weighted by Gasteiger charge is 2.20. The molecule has 0 spiro atoms. The van der Waals surface area contributed by atoms with Crippen molar-refractivity contribution in [2.75, 3.05) is 0 Å². The van der Waals surface area contributed by atoms with Gasteiger partial charge < -0.3 is 4.42 Å². The summed E-state index contributed by atoms with van der Waals surface area (Å²) in [6, 6.07) is 41.1. The Morgan fingerprint density at radius 1 is 0.588 bits per heavy atom. The Morgan fingerprint density at radius 2 is 1.29 bits per heavy atom. The summed E-state index contributed by atoms with van der Waals surface area (Å²) in [6.07, 6.45) is 12.3. The van der Waals surface area contributed by atoms with Crippen molar-refractivity contribution in [3.8, 4) is 51.2 Å². The van der Waals surface area contributed by atoms with Crippen molar-refractivity contribution in [1.82, 2.24) is 24.9 Å². The van der Waals surface area contributed by atoms with Gasteiger partial charge in [0.1, 0.15) is 17.4 Å². The molecule has 5 aromatic carbocycles. The molecule has 7 nitrogen and oxygen atoms in total. The Labute approximate surface area is 293 Å². The third kappa shape index (κ3) is 5.23. The lowest BCUT2D eigenvalue weighted by Gasteiger charge is -2.18. The highest BCUT2D eigenvalue weighted by molar-refractivity contribution is 6.04. The van der Waals surface area contributed by atoms with Crippen molar-refractivity contribution in [1.29, 1.82) is 0 Å². The van der Waals surface area contributed by atoms with Gasteiger partial charge in [-0.05, 0) is 65.4 Å². The fourth-order valence-corrected chi connectivity index (χ4v) is 7.00. The summed E-state index contributed by atoms with van der Waals surface area (Å²) in [6.45, 7) is 0. The molecule has 9 aromatic rings. The zero-order chi connectivity index (χ0) is 33.7. The van der Waals surface area contributed by atoms with Gasteiger partial charge in [0.2, 0.25) is 0 Å². The van der Waals surface area contributed by atoms with Gasteiger partial charge in [0.15, 0.2) is 23.0 Å². The normalized spacial score (nSPS) is 12.5. The van der Waals surface area contributed by atoms with Crippen LogP contribution in [0.3, 0.4) is 0 Å². The third-order valence-corrected chi connectivity index (χ3v) is 9.53. The molecule has 0 bridgehead atoms. The van der Waals surface area contributed by atoms with Crippen LogP contribution in [0.4, 0.5) is 0 Å². The minimum Gasteiger partial charge on any atom is -0.456 e. The van der Waals surface area contributed by atoms with E-state index in [1.807, 2.05) is 108 Å². The number of hydrogen-bond acceptors (Lipinski definition) is 6. The molecule has 0 amide bonds. The fraction of sp³-hybridized carbons (Fsp3) is 0.0455. The first-order chi connectivity index (χ1) is 25.2. The highest BCUT2D eigenvalue weighted by atomic mass is 16.3. The van der Waals surface area contributed by atoms with E-state index in [9.17, 15) is 0 Å². The number of para-hydroxylation sites is 1. The third-order valence-electron chi connectivity index (χ3n) is 9.53. The quantitative estimate of drug-likeness (QED) is 0.172. The van der Waals surface area contributed by atoms with Gasteiger partial charge in [0, 0.05) is 28.1 Å². The minimum atomic E-state index is 0.602. The van der Waals surface area contributed by atoms with Gasteiger partial charge >= 0.3 is 5.95 Å². The molecule has 1 aliphatic rings. The van der Waals surface area contributed by atoms with E-state index in [0.717, 1.165) is 73.5 Å². The monoisotopic (exact) mass is 657 g/mol. The summed E-state index contributed by atoms with van der Waals surface area (Å²) in [4.78, 5) is 24.7. The number of fused-ring (bicyclic) bond motifs is 5. The van der Waals surface area contributed by atoms with Crippen molar-refractivity contribution in [3.63, 3.8) is 0 Å². The maximum Gasteiger partial charge on any atom is 0.437 e. The second-order valence-electron chi connectivity index (χ2n) is 12.7. The molecule has 0 radical (unpaired) electrons. The zero-order valence-electron chi connectivity index (χ0n) is 27.4. The zero-order valence-corrected chi connectivity index (χ0v) is 27.4. The number of hydrogen-bond donors (Lipinski definition) is 0. The van der Waals surface area contributed by atoms with Crippen molar-refractivity contribution in [3.05, 3.63) is 157 Å². The number of nitrogens with zero attached hydrogens (tertiary/aromatic N) is 6. The average Bonchev–Trinajstić information content (AvgIpc) is 3.58. The van der Waals surface area contributed by atoms with Crippen LogP contribution < -0.4 is 4.57 Å². The van der Waals surface area contributed by atoms with Gasteiger partial charge in [-0.25, -0.2) is 19.5 Å². The standard InChI is InChI=1S/C44H29N6O/c1-3-11-28(12-4-1)41-47-42(29-13-5-2-6-14-29)49-43(48-41)32-23-30-15-7-8-16-34(30)36(25-32)31-19-20-38-33(24-31)26-45-44(46-38)50-22-21-40-37(27-50)35-17-9-10-18-39(35)51-40/h1-7,9-15,17-27H,8,16H2/q+1. The summed E-state index contributed by atoms with van der Waals surface area (Å²) < 4.78 is 7.98. The number of rotatable bonds is 5. The lowest BCUT2D eigenvalue weighted by Crippen LogP contribution is -2.32. The molecule has 0 saturated carbocycles. The van der Waals surface area contributed by atoms with Crippen molar-refractivity contribution < 1.29 is 8.98 Å². The molecule has 7 heteroatoms. The lowest BCUT2D eigenvalue weighted by molar-refractivity contribution is -0.602. The Hall–Kier alpha value is -6.86. The molecule has 0 unspecified atom stereocenters. The van der Waals surface area contributed by atoms with E-state index >= 15 is 0 Å². The predicted octanol–water partition coefficient (Wildman–Crippen LogP) is 9.62. The van der Waals surface area contributed by atoms with E-state index in [1.54, 1.807) is 0 Å². The predicted molar refractivity (Wildman–Crippen MR) is 201 cm³/mol. The van der Waals surface area contributed by atoms with Gasteiger partial charge in [-0.1, -0.05) is 107 Å². The van der Waals surface area contributed by atoms with E-state index in [-0.39, 0.29) is 0 Å². The Bertz CT molecular complexity index is 2750. The molecule has 51 heavy (non-hydrogen) atoms. The van der Waals surface area contributed by atoms with Crippen LogP contribution in [0.5, 0.6) is 0 Å². The number of benzene rings is 5. The Balaban J connectivity index is 1.08. The van der Waals surface area contributed by atoms with E-state index in [2.05, 4.69) is 48.6 Å². The minimum absolute atomic E-state index is 0.602. The molecule has 4 heterocycles. The second-order valence-corrected chi connectivity index (χ2v) is 12.7. The van der Waals surface area contributed by atoms with Crippen LogP contribution >= 0.6 is 0 Å². The van der Waals surface area contributed by atoms with E-state index < -0.39 is 0 Å². The Morgan fingerprint density at radius 3 is 2.08 bits per heavy atom. The molecule has 1 aliphatic carbocycles. The van der Waals surface area contributed by atoms with Gasteiger partial charge in [-0.2, -0.15) is 0 Å². The summed E-state index contributed by atoms with van der Waals surface area (Å²) in [5.41, 5.74) is 10.2. The molecule has 0 N–H and O–H groups in total. The van der Waals surface area contributed by atoms with E-state index in [4.69, 9.17) is 29.3 Å². The molecule has 0 saturated heterocycles. The smallest absolute Gasteiger partial charge is 0.437 e. The topological polar surface area (TPSA) is 81.5 Å². The van der Waals surface area contributed by atoms with Gasteiger partial charge in [0.25, 0.3) is 0 Å². The van der Waals surface area contributed by atoms with Crippen LogP contribution in [-0.4, -0.2) is 24.9 Å². The largest absolute Gasteiger partial charge is 0.456 e. The molecular formula is C44H29N6O+. The molecular weight excluding hydrogens is 629 g/mol. The Kier molecular flexibility index (Phi) is 6.80. The van der Waals surface area contributed by atoms with Crippen LogP contribution in [0.25, 0.3) is 90.2 Å². The van der Waals surface area contributed by atoms with Crippen LogP contribution in [0.2, 0.25) is 0 Å². The van der Waals surface area contributed by atoms with E-state index in [0.29, 0.717) is 23.4 Å². The van der Waals surface area contributed by atoms with Crippen molar-refractivity contribution >= 4 is 38.9 Å². The molecule has 4 aromatic heterocycles. The molecule has 240 valence electrons. The summed E-state index contributed by atoms with van der Waals surface area (Å²) in [7, 11) is 0. The summed E-state index contributed by atoms with van der Waals surface area (Å²) in [5.74, 6) is 2.53. The second kappa shape index (κ2) is 11.9. The number of furan rings is 1. The first-order valence-corrected chi connectivity index (χ1v) is 17.0. The maximum absolute atomic E-state index is 6.03.